The van der Waals surface area contributed by atoms with Gasteiger partial charge in [0.2, 0.25) is 5.91 Å². The molecule has 0 saturated carbocycles. The molecular formula is C12H21N3OS. The standard InChI is InChI=1S/C12H21N3OS/c1-9(2)13-6-5-12(16)15(4)7-11-10(3)14-8-17-11/h8-9,13H,5-7H2,1-4H3. The second-order valence-electron chi connectivity index (χ2n) is 4.47. The third-order valence-corrected chi connectivity index (χ3v) is 3.46. The lowest BCUT2D eigenvalue weighted by molar-refractivity contribution is -0.130. The maximum atomic E-state index is 11.8. The number of carbonyl (C=O) groups is 1. The Morgan fingerprint density at radius 1 is 1.59 bits per heavy atom. The highest BCUT2D eigenvalue weighted by molar-refractivity contribution is 7.09. The van der Waals surface area contributed by atoms with E-state index in [2.05, 4.69) is 24.1 Å². The molecule has 17 heavy (non-hydrogen) atoms. The summed E-state index contributed by atoms with van der Waals surface area (Å²) in [5, 5.41) is 3.24. The molecule has 0 saturated heterocycles. The van der Waals surface area contributed by atoms with Crippen LogP contribution >= 0.6 is 11.3 Å². The minimum absolute atomic E-state index is 0.172. The first-order valence-electron chi connectivity index (χ1n) is 5.87. The van der Waals surface area contributed by atoms with Gasteiger partial charge in [0.25, 0.3) is 0 Å². The van der Waals surface area contributed by atoms with Gasteiger partial charge < -0.3 is 10.2 Å². The molecule has 0 aliphatic rings. The predicted octanol–water partition coefficient (Wildman–Crippen LogP) is 1.80. The number of aryl methyl sites for hydroxylation is 1. The minimum Gasteiger partial charge on any atom is -0.341 e. The highest BCUT2D eigenvalue weighted by atomic mass is 32.1. The van der Waals surface area contributed by atoms with Gasteiger partial charge in [0.15, 0.2) is 0 Å². The van der Waals surface area contributed by atoms with Crippen molar-refractivity contribution in [3.8, 4) is 0 Å². The number of nitrogens with zero attached hydrogens (tertiary/aromatic N) is 2. The zero-order valence-corrected chi connectivity index (χ0v) is 11.8. The van der Waals surface area contributed by atoms with Gasteiger partial charge in [-0.2, -0.15) is 0 Å². The van der Waals surface area contributed by atoms with E-state index in [0.717, 1.165) is 17.1 Å². The molecule has 1 aromatic rings. The summed E-state index contributed by atoms with van der Waals surface area (Å²) in [5.74, 6) is 0.172. The van der Waals surface area contributed by atoms with Crippen LogP contribution in [0.1, 0.15) is 30.8 Å². The summed E-state index contributed by atoms with van der Waals surface area (Å²) >= 11 is 1.60. The van der Waals surface area contributed by atoms with Gasteiger partial charge in [-0.1, -0.05) is 13.8 Å². The summed E-state index contributed by atoms with van der Waals surface area (Å²) in [4.78, 5) is 18.9. The molecule has 96 valence electrons. The van der Waals surface area contributed by atoms with E-state index in [4.69, 9.17) is 0 Å². The van der Waals surface area contributed by atoms with E-state index in [1.54, 1.807) is 16.2 Å². The van der Waals surface area contributed by atoms with Crippen LogP contribution in [0.15, 0.2) is 5.51 Å². The smallest absolute Gasteiger partial charge is 0.223 e. The fourth-order valence-corrected chi connectivity index (χ4v) is 2.27. The van der Waals surface area contributed by atoms with Gasteiger partial charge in [0.05, 0.1) is 17.7 Å². The van der Waals surface area contributed by atoms with Crippen LogP contribution in [0.3, 0.4) is 0 Å². The van der Waals surface area contributed by atoms with E-state index < -0.39 is 0 Å². The number of nitrogens with one attached hydrogen (secondary N) is 1. The summed E-state index contributed by atoms with van der Waals surface area (Å²) in [5.41, 5.74) is 2.85. The minimum atomic E-state index is 0.172. The molecule has 1 N–H and O–H groups in total. The Kier molecular flexibility index (Phi) is 5.58. The molecule has 1 amide bonds. The Labute approximate surface area is 107 Å². The first-order chi connectivity index (χ1) is 8.00. The number of carbonyl (C=O) groups excluding carboxylic acids is 1. The van der Waals surface area contributed by atoms with E-state index in [1.165, 1.54) is 0 Å². The third kappa shape index (κ3) is 4.83. The van der Waals surface area contributed by atoms with Crippen molar-refractivity contribution in [3.63, 3.8) is 0 Å². The van der Waals surface area contributed by atoms with Crippen LogP contribution in [0.2, 0.25) is 0 Å². The number of rotatable bonds is 6. The van der Waals surface area contributed by atoms with Crippen molar-refractivity contribution in [2.75, 3.05) is 13.6 Å². The van der Waals surface area contributed by atoms with Gasteiger partial charge in [-0.15, -0.1) is 11.3 Å². The Bertz CT molecular complexity index is 362. The lowest BCUT2D eigenvalue weighted by Gasteiger charge is -2.17. The van der Waals surface area contributed by atoms with E-state index >= 15 is 0 Å². The molecule has 0 radical (unpaired) electrons. The fourth-order valence-electron chi connectivity index (χ4n) is 1.44. The van der Waals surface area contributed by atoms with E-state index in [1.807, 2.05) is 19.5 Å². The van der Waals surface area contributed by atoms with Crippen LogP contribution in [-0.4, -0.2) is 35.4 Å². The van der Waals surface area contributed by atoms with Crippen molar-refractivity contribution < 1.29 is 4.79 Å². The molecule has 1 heterocycles. The fraction of sp³-hybridized carbons (Fsp3) is 0.667. The summed E-state index contributed by atoms with van der Waals surface area (Å²) in [6.45, 7) is 7.54. The summed E-state index contributed by atoms with van der Waals surface area (Å²) < 4.78 is 0. The van der Waals surface area contributed by atoms with Crippen molar-refractivity contribution in [1.29, 1.82) is 0 Å². The third-order valence-electron chi connectivity index (χ3n) is 2.54. The molecule has 1 rings (SSSR count). The largest absolute Gasteiger partial charge is 0.341 e. The van der Waals surface area contributed by atoms with Crippen molar-refractivity contribution in [3.05, 3.63) is 16.1 Å². The molecule has 0 fully saturated rings. The number of hydrogen-bond donors (Lipinski definition) is 1. The molecule has 0 atom stereocenters. The molecule has 1 aromatic heterocycles. The van der Waals surface area contributed by atoms with Crippen molar-refractivity contribution in [2.24, 2.45) is 0 Å². The van der Waals surface area contributed by atoms with Crippen molar-refractivity contribution in [1.82, 2.24) is 15.2 Å². The Balaban J connectivity index is 2.35. The molecule has 4 nitrogen and oxygen atoms in total. The monoisotopic (exact) mass is 255 g/mol. The van der Waals surface area contributed by atoms with Crippen LogP contribution in [-0.2, 0) is 11.3 Å². The number of amides is 1. The first-order valence-corrected chi connectivity index (χ1v) is 6.75. The molecule has 0 bridgehead atoms. The number of aromatic nitrogens is 1. The lowest BCUT2D eigenvalue weighted by Crippen LogP contribution is -2.31. The van der Waals surface area contributed by atoms with E-state index in [9.17, 15) is 4.79 Å². The highest BCUT2D eigenvalue weighted by Crippen LogP contribution is 2.14. The molecule has 0 aliphatic heterocycles. The van der Waals surface area contributed by atoms with Crippen molar-refractivity contribution in [2.45, 2.75) is 39.8 Å². The van der Waals surface area contributed by atoms with Crippen LogP contribution in [0.5, 0.6) is 0 Å². The van der Waals surface area contributed by atoms with E-state index in [0.29, 0.717) is 19.0 Å². The van der Waals surface area contributed by atoms with Gasteiger partial charge >= 0.3 is 0 Å². The van der Waals surface area contributed by atoms with Gasteiger partial charge in [0.1, 0.15) is 0 Å². The molecule has 0 aromatic carbocycles. The second kappa shape index (κ2) is 6.71. The molecule has 5 heteroatoms. The van der Waals surface area contributed by atoms with Gasteiger partial charge in [-0.25, -0.2) is 4.98 Å². The quantitative estimate of drug-likeness (QED) is 0.843. The molecule has 0 unspecified atom stereocenters. The summed E-state index contributed by atoms with van der Waals surface area (Å²) in [6.07, 6.45) is 0.548. The molecule has 0 aliphatic carbocycles. The zero-order chi connectivity index (χ0) is 12.8. The Morgan fingerprint density at radius 2 is 2.29 bits per heavy atom. The van der Waals surface area contributed by atoms with Crippen LogP contribution in [0, 0.1) is 6.92 Å². The van der Waals surface area contributed by atoms with Crippen LogP contribution < -0.4 is 5.32 Å². The maximum Gasteiger partial charge on any atom is 0.223 e. The summed E-state index contributed by atoms with van der Waals surface area (Å²) in [7, 11) is 1.84. The average molecular weight is 255 g/mol. The topological polar surface area (TPSA) is 45.2 Å². The van der Waals surface area contributed by atoms with Gasteiger partial charge in [0, 0.05) is 30.9 Å². The number of hydrogen-bond acceptors (Lipinski definition) is 4. The zero-order valence-electron chi connectivity index (χ0n) is 11.0. The lowest BCUT2D eigenvalue weighted by atomic mass is 10.3. The SMILES string of the molecule is Cc1ncsc1CN(C)C(=O)CCNC(C)C. The number of thiazole rings is 1. The highest BCUT2D eigenvalue weighted by Gasteiger charge is 2.11. The van der Waals surface area contributed by atoms with Gasteiger partial charge in [-0.3, -0.25) is 4.79 Å². The second-order valence-corrected chi connectivity index (χ2v) is 5.41. The van der Waals surface area contributed by atoms with E-state index in [-0.39, 0.29) is 5.91 Å². The predicted molar refractivity (Wildman–Crippen MR) is 71.1 cm³/mol. The molecule has 0 spiro atoms. The Morgan fingerprint density at radius 3 is 2.82 bits per heavy atom. The maximum absolute atomic E-state index is 11.8. The van der Waals surface area contributed by atoms with Crippen LogP contribution in [0.25, 0.3) is 0 Å². The Hall–Kier alpha value is -0.940. The normalized spacial score (nSPS) is 10.9. The molecular weight excluding hydrogens is 234 g/mol. The van der Waals surface area contributed by atoms with Gasteiger partial charge in [-0.05, 0) is 6.92 Å². The first kappa shape index (κ1) is 14.1. The van der Waals surface area contributed by atoms with Crippen LogP contribution in [0.4, 0.5) is 0 Å². The van der Waals surface area contributed by atoms with Crippen molar-refractivity contribution >= 4 is 17.2 Å². The summed E-state index contributed by atoms with van der Waals surface area (Å²) in [6, 6.07) is 0.428. The average Bonchev–Trinajstić information content (AvgIpc) is 2.63.